The zero-order chi connectivity index (χ0) is 13.1. The third kappa shape index (κ3) is 2.79. The number of methoxy groups -OCH3 is 1. The van der Waals surface area contributed by atoms with Crippen LogP contribution < -0.4 is 4.74 Å². The van der Waals surface area contributed by atoms with E-state index < -0.39 is 0 Å². The van der Waals surface area contributed by atoms with Crippen molar-refractivity contribution >= 4 is 0 Å². The molecule has 2 heteroatoms. The van der Waals surface area contributed by atoms with E-state index in [-0.39, 0.29) is 0 Å². The molecule has 0 heterocycles. The third-order valence-electron chi connectivity index (χ3n) is 3.67. The Morgan fingerprint density at radius 3 is 2.58 bits per heavy atom. The van der Waals surface area contributed by atoms with Crippen molar-refractivity contribution in [1.29, 1.82) is 0 Å². The van der Waals surface area contributed by atoms with E-state index in [1.807, 2.05) is 36.4 Å². The second-order valence-electron chi connectivity index (χ2n) is 4.95. The largest absolute Gasteiger partial charge is 0.457 e. The van der Waals surface area contributed by atoms with Gasteiger partial charge in [0, 0.05) is 7.11 Å². The van der Waals surface area contributed by atoms with Crippen molar-refractivity contribution in [2.75, 3.05) is 7.11 Å². The van der Waals surface area contributed by atoms with Gasteiger partial charge in [-0.05, 0) is 54.7 Å². The average molecular weight is 254 g/mol. The minimum absolute atomic E-state index is 0.369. The molecule has 0 radical (unpaired) electrons. The van der Waals surface area contributed by atoms with Crippen molar-refractivity contribution in [3.63, 3.8) is 0 Å². The molecule has 0 saturated carbocycles. The Bertz CT molecular complexity index is 548. The number of rotatable bonds is 3. The van der Waals surface area contributed by atoms with Crippen LogP contribution in [0.4, 0.5) is 0 Å². The molecule has 1 atom stereocenters. The van der Waals surface area contributed by atoms with Gasteiger partial charge in [-0.15, -0.1) is 0 Å². The monoisotopic (exact) mass is 254 g/mol. The van der Waals surface area contributed by atoms with E-state index >= 15 is 0 Å². The SMILES string of the molecule is COC1CCc2cc(Oc3ccccc3)ccc2C1. The van der Waals surface area contributed by atoms with Crippen LogP contribution in [0, 0.1) is 0 Å². The fraction of sp³-hybridized carbons (Fsp3) is 0.294. The van der Waals surface area contributed by atoms with Gasteiger partial charge in [0.2, 0.25) is 0 Å². The second-order valence-corrected chi connectivity index (χ2v) is 4.95. The molecular formula is C17H18O2. The summed E-state index contributed by atoms with van der Waals surface area (Å²) in [5, 5.41) is 0. The zero-order valence-electron chi connectivity index (χ0n) is 11.1. The number of para-hydroxylation sites is 1. The molecular weight excluding hydrogens is 236 g/mol. The Morgan fingerprint density at radius 2 is 1.79 bits per heavy atom. The lowest BCUT2D eigenvalue weighted by Crippen LogP contribution is -2.20. The van der Waals surface area contributed by atoms with Gasteiger partial charge in [0.05, 0.1) is 6.10 Å². The molecule has 0 N–H and O–H groups in total. The average Bonchev–Trinajstić information content (AvgIpc) is 2.48. The number of fused-ring (bicyclic) bond motifs is 1. The van der Waals surface area contributed by atoms with Crippen LogP contribution in [0.1, 0.15) is 17.5 Å². The molecule has 0 aliphatic heterocycles. The first kappa shape index (κ1) is 12.2. The van der Waals surface area contributed by atoms with E-state index in [2.05, 4.69) is 12.1 Å². The van der Waals surface area contributed by atoms with E-state index in [1.165, 1.54) is 11.1 Å². The fourth-order valence-electron chi connectivity index (χ4n) is 2.59. The number of hydrogen-bond acceptors (Lipinski definition) is 2. The molecule has 0 amide bonds. The molecule has 2 aromatic carbocycles. The van der Waals surface area contributed by atoms with Gasteiger partial charge >= 0.3 is 0 Å². The van der Waals surface area contributed by atoms with Crippen LogP contribution >= 0.6 is 0 Å². The van der Waals surface area contributed by atoms with Gasteiger partial charge in [0.25, 0.3) is 0 Å². The lowest BCUT2D eigenvalue weighted by molar-refractivity contribution is 0.0911. The summed E-state index contributed by atoms with van der Waals surface area (Å²) in [5.41, 5.74) is 2.78. The van der Waals surface area contributed by atoms with Gasteiger partial charge in [0.1, 0.15) is 11.5 Å². The summed E-state index contributed by atoms with van der Waals surface area (Å²) in [6, 6.07) is 16.3. The Hall–Kier alpha value is -1.80. The summed E-state index contributed by atoms with van der Waals surface area (Å²) < 4.78 is 11.3. The first-order valence-electron chi connectivity index (χ1n) is 6.72. The number of hydrogen-bond donors (Lipinski definition) is 0. The van der Waals surface area contributed by atoms with Crippen LogP contribution in [-0.4, -0.2) is 13.2 Å². The molecule has 2 aromatic rings. The van der Waals surface area contributed by atoms with E-state index in [0.29, 0.717) is 6.10 Å². The van der Waals surface area contributed by atoms with Crippen molar-refractivity contribution in [3.8, 4) is 11.5 Å². The highest BCUT2D eigenvalue weighted by Crippen LogP contribution is 2.29. The molecule has 1 unspecified atom stereocenters. The summed E-state index contributed by atoms with van der Waals surface area (Å²) >= 11 is 0. The van der Waals surface area contributed by atoms with Gasteiger partial charge in [-0.2, -0.15) is 0 Å². The molecule has 0 aromatic heterocycles. The van der Waals surface area contributed by atoms with Crippen molar-refractivity contribution < 1.29 is 9.47 Å². The highest BCUT2D eigenvalue weighted by molar-refractivity contribution is 5.40. The van der Waals surface area contributed by atoms with Gasteiger partial charge in [0.15, 0.2) is 0 Å². The molecule has 3 rings (SSSR count). The smallest absolute Gasteiger partial charge is 0.127 e. The van der Waals surface area contributed by atoms with Crippen molar-refractivity contribution in [2.45, 2.75) is 25.4 Å². The van der Waals surface area contributed by atoms with Gasteiger partial charge < -0.3 is 9.47 Å². The summed E-state index contributed by atoms with van der Waals surface area (Å²) in [5.74, 6) is 1.80. The van der Waals surface area contributed by atoms with E-state index in [0.717, 1.165) is 30.8 Å². The van der Waals surface area contributed by atoms with Crippen LogP contribution in [0.5, 0.6) is 11.5 Å². The summed E-state index contributed by atoms with van der Waals surface area (Å²) in [7, 11) is 1.79. The second kappa shape index (κ2) is 5.45. The molecule has 0 fully saturated rings. The predicted molar refractivity (Wildman–Crippen MR) is 75.8 cm³/mol. The van der Waals surface area contributed by atoms with Gasteiger partial charge in [-0.3, -0.25) is 0 Å². The maximum Gasteiger partial charge on any atom is 0.127 e. The summed E-state index contributed by atoms with van der Waals surface area (Å²) in [6.45, 7) is 0. The minimum atomic E-state index is 0.369. The lowest BCUT2D eigenvalue weighted by Gasteiger charge is -2.23. The van der Waals surface area contributed by atoms with Crippen molar-refractivity contribution in [3.05, 3.63) is 59.7 Å². The summed E-state index contributed by atoms with van der Waals surface area (Å²) in [6.07, 6.45) is 3.55. The molecule has 0 saturated heterocycles. The molecule has 2 nitrogen and oxygen atoms in total. The highest BCUT2D eigenvalue weighted by Gasteiger charge is 2.18. The quantitative estimate of drug-likeness (QED) is 0.824. The third-order valence-corrected chi connectivity index (χ3v) is 3.67. The molecule has 1 aliphatic carbocycles. The highest BCUT2D eigenvalue weighted by atomic mass is 16.5. The van der Waals surface area contributed by atoms with E-state index in [1.54, 1.807) is 7.11 Å². The molecule has 0 spiro atoms. The fourth-order valence-corrected chi connectivity index (χ4v) is 2.59. The minimum Gasteiger partial charge on any atom is -0.457 e. The summed E-state index contributed by atoms with van der Waals surface area (Å²) in [4.78, 5) is 0. The van der Waals surface area contributed by atoms with Crippen LogP contribution in [0.15, 0.2) is 48.5 Å². The van der Waals surface area contributed by atoms with Crippen LogP contribution in [-0.2, 0) is 17.6 Å². The standard InChI is InChI=1S/C17H18O2/c1-18-16-9-7-14-12-17(10-8-13(14)11-16)19-15-5-3-2-4-6-15/h2-6,8,10,12,16H,7,9,11H2,1H3. The maximum absolute atomic E-state index is 5.87. The van der Waals surface area contributed by atoms with Gasteiger partial charge in [-0.1, -0.05) is 24.3 Å². The Morgan fingerprint density at radius 1 is 0.947 bits per heavy atom. The Kier molecular flexibility index (Phi) is 3.51. The van der Waals surface area contributed by atoms with Crippen LogP contribution in [0.3, 0.4) is 0 Å². The molecule has 19 heavy (non-hydrogen) atoms. The topological polar surface area (TPSA) is 18.5 Å². The van der Waals surface area contributed by atoms with Crippen LogP contribution in [0.2, 0.25) is 0 Å². The molecule has 1 aliphatic rings. The normalized spacial score (nSPS) is 17.8. The first-order chi connectivity index (χ1) is 9.35. The zero-order valence-corrected chi connectivity index (χ0v) is 11.1. The number of benzene rings is 2. The first-order valence-corrected chi connectivity index (χ1v) is 6.72. The van der Waals surface area contributed by atoms with E-state index in [9.17, 15) is 0 Å². The van der Waals surface area contributed by atoms with E-state index in [4.69, 9.17) is 9.47 Å². The van der Waals surface area contributed by atoms with Crippen LogP contribution in [0.25, 0.3) is 0 Å². The Balaban J connectivity index is 1.79. The lowest BCUT2D eigenvalue weighted by atomic mass is 9.89. The molecule has 0 bridgehead atoms. The number of aryl methyl sites for hydroxylation is 1. The number of ether oxygens (including phenoxy) is 2. The maximum atomic E-state index is 5.87. The van der Waals surface area contributed by atoms with Crippen molar-refractivity contribution in [1.82, 2.24) is 0 Å². The van der Waals surface area contributed by atoms with Gasteiger partial charge in [-0.25, -0.2) is 0 Å². The molecule has 98 valence electrons. The van der Waals surface area contributed by atoms with Crippen molar-refractivity contribution in [2.24, 2.45) is 0 Å². The Labute approximate surface area is 114 Å². The predicted octanol–water partition coefficient (Wildman–Crippen LogP) is 3.98.